The molecule has 0 bridgehead atoms. The number of methoxy groups -OCH3 is 3. The SMILES string of the molecule is COc1ccc(Cn2nc(-c3cccc(OC)c3)c(Br)c2-c2cccc(OC)c2)cc1. The van der Waals surface area contributed by atoms with Crippen LogP contribution in [-0.2, 0) is 6.54 Å². The van der Waals surface area contributed by atoms with Crippen LogP contribution in [0.3, 0.4) is 0 Å². The topological polar surface area (TPSA) is 45.5 Å². The summed E-state index contributed by atoms with van der Waals surface area (Å²) in [5.74, 6) is 2.41. The minimum Gasteiger partial charge on any atom is -0.497 e. The molecule has 4 rings (SSSR count). The van der Waals surface area contributed by atoms with Crippen LogP contribution in [-0.4, -0.2) is 31.1 Å². The van der Waals surface area contributed by atoms with Gasteiger partial charge in [0.05, 0.1) is 38.0 Å². The Bertz CT molecular complexity index is 1190. The third kappa shape index (κ3) is 4.44. The number of rotatable bonds is 7. The number of benzene rings is 3. The minimum absolute atomic E-state index is 0.610. The smallest absolute Gasteiger partial charge is 0.119 e. The minimum atomic E-state index is 0.610. The van der Waals surface area contributed by atoms with Crippen molar-refractivity contribution in [3.63, 3.8) is 0 Å². The Morgan fingerprint density at radius 3 is 1.94 bits per heavy atom. The fourth-order valence-electron chi connectivity index (χ4n) is 3.46. The van der Waals surface area contributed by atoms with Gasteiger partial charge in [0.1, 0.15) is 22.9 Å². The van der Waals surface area contributed by atoms with Crippen LogP contribution in [0.4, 0.5) is 0 Å². The average molecular weight is 479 g/mol. The van der Waals surface area contributed by atoms with Gasteiger partial charge in [0, 0.05) is 11.1 Å². The molecule has 3 aromatic carbocycles. The molecule has 0 saturated heterocycles. The maximum atomic E-state index is 5.45. The van der Waals surface area contributed by atoms with E-state index in [9.17, 15) is 0 Å². The molecule has 1 heterocycles. The monoisotopic (exact) mass is 478 g/mol. The Kier molecular flexibility index (Phi) is 6.28. The van der Waals surface area contributed by atoms with E-state index >= 15 is 0 Å². The maximum absolute atomic E-state index is 5.45. The van der Waals surface area contributed by atoms with E-state index < -0.39 is 0 Å². The number of ether oxygens (including phenoxy) is 3. The highest BCUT2D eigenvalue weighted by atomic mass is 79.9. The summed E-state index contributed by atoms with van der Waals surface area (Å²) in [6, 6.07) is 23.9. The second-order valence-corrected chi connectivity index (χ2v) is 7.77. The van der Waals surface area contributed by atoms with Crippen molar-refractivity contribution in [2.45, 2.75) is 6.54 Å². The van der Waals surface area contributed by atoms with Gasteiger partial charge in [0.2, 0.25) is 0 Å². The van der Waals surface area contributed by atoms with Crippen LogP contribution < -0.4 is 14.2 Å². The molecule has 6 heteroatoms. The molecule has 0 atom stereocenters. The maximum Gasteiger partial charge on any atom is 0.119 e. The largest absolute Gasteiger partial charge is 0.497 e. The van der Waals surface area contributed by atoms with Gasteiger partial charge in [-0.15, -0.1) is 0 Å². The number of hydrogen-bond donors (Lipinski definition) is 0. The van der Waals surface area contributed by atoms with Crippen molar-refractivity contribution in [3.05, 3.63) is 82.8 Å². The third-order valence-corrected chi connectivity index (χ3v) is 5.82. The summed E-state index contributed by atoms with van der Waals surface area (Å²) in [5, 5.41) is 4.97. The first-order chi connectivity index (χ1) is 15.1. The molecular weight excluding hydrogens is 456 g/mol. The highest BCUT2D eigenvalue weighted by Gasteiger charge is 2.20. The van der Waals surface area contributed by atoms with Crippen molar-refractivity contribution in [2.24, 2.45) is 0 Å². The first-order valence-electron chi connectivity index (χ1n) is 9.81. The number of halogens is 1. The van der Waals surface area contributed by atoms with Crippen molar-refractivity contribution < 1.29 is 14.2 Å². The average Bonchev–Trinajstić information content (AvgIpc) is 3.15. The molecule has 0 aliphatic carbocycles. The lowest BCUT2D eigenvalue weighted by Crippen LogP contribution is -2.04. The first kappa shape index (κ1) is 21.0. The van der Waals surface area contributed by atoms with E-state index in [2.05, 4.69) is 34.1 Å². The van der Waals surface area contributed by atoms with Gasteiger partial charge in [-0.2, -0.15) is 5.10 Å². The second-order valence-electron chi connectivity index (χ2n) is 6.98. The Morgan fingerprint density at radius 1 is 0.742 bits per heavy atom. The lowest BCUT2D eigenvalue weighted by atomic mass is 10.1. The van der Waals surface area contributed by atoms with E-state index in [1.165, 1.54) is 0 Å². The zero-order chi connectivity index (χ0) is 21.8. The Balaban J connectivity index is 1.84. The zero-order valence-corrected chi connectivity index (χ0v) is 19.2. The van der Waals surface area contributed by atoms with Gasteiger partial charge in [-0.05, 0) is 57.9 Å². The highest BCUT2D eigenvalue weighted by molar-refractivity contribution is 9.10. The molecule has 0 amide bonds. The predicted molar refractivity (Wildman–Crippen MR) is 126 cm³/mol. The summed E-state index contributed by atoms with van der Waals surface area (Å²) in [7, 11) is 5.00. The Morgan fingerprint density at radius 2 is 1.32 bits per heavy atom. The lowest BCUT2D eigenvalue weighted by Gasteiger charge is -2.10. The Hall–Kier alpha value is -3.25. The van der Waals surface area contributed by atoms with Gasteiger partial charge in [-0.1, -0.05) is 36.4 Å². The third-order valence-electron chi connectivity index (χ3n) is 5.07. The number of hydrogen-bond acceptors (Lipinski definition) is 4. The predicted octanol–water partition coefficient (Wildman–Crippen LogP) is 6.05. The van der Waals surface area contributed by atoms with Gasteiger partial charge in [0.25, 0.3) is 0 Å². The first-order valence-corrected chi connectivity index (χ1v) is 10.6. The van der Waals surface area contributed by atoms with E-state index in [4.69, 9.17) is 19.3 Å². The summed E-state index contributed by atoms with van der Waals surface area (Å²) < 4.78 is 19.1. The van der Waals surface area contributed by atoms with E-state index in [-0.39, 0.29) is 0 Å². The molecule has 0 spiro atoms. The molecule has 0 radical (unpaired) electrons. The normalized spacial score (nSPS) is 10.7. The molecule has 0 N–H and O–H groups in total. The van der Waals surface area contributed by atoms with Gasteiger partial charge in [-0.25, -0.2) is 0 Å². The van der Waals surface area contributed by atoms with Gasteiger partial charge >= 0.3 is 0 Å². The molecule has 5 nitrogen and oxygen atoms in total. The molecule has 0 saturated carbocycles. The molecular formula is C25H23BrN2O3. The summed E-state index contributed by atoms with van der Waals surface area (Å²) in [6.07, 6.45) is 0. The fraction of sp³-hybridized carbons (Fsp3) is 0.160. The number of nitrogens with zero attached hydrogens (tertiary/aromatic N) is 2. The van der Waals surface area contributed by atoms with Gasteiger partial charge in [-0.3, -0.25) is 4.68 Å². The molecule has 31 heavy (non-hydrogen) atoms. The van der Waals surface area contributed by atoms with Crippen LogP contribution in [0.1, 0.15) is 5.56 Å². The Labute approximate surface area is 190 Å². The standard InChI is InChI=1S/C25H23BrN2O3/c1-29-20-12-10-17(11-13-20)16-28-25(19-7-5-9-22(15-19)31-3)23(26)24(27-28)18-6-4-8-21(14-18)30-2/h4-15H,16H2,1-3H3. The summed E-state index contributed by atoms with van der Waals surface area (Å²) in [6.45, 7) is 0.610. The van der Waals surface area contributed by atoms with Crippen molar-refractivity contribution in [3.8, 4) is 39.8 Å². The number of aromatic nitrogens is 2. The highest BCUT2D eigenvalue weighted by Crippen LogP contribution is 2.38. The fourth-order valence-corrected chi connectivity index (χ4v) is 4.20. The van der Waals surface area contributed by atoms with Crippen molar-refractivity contribution in [1.82, 2.24) is 9.78 Å². The summed E-state index contributed by atoms with van der Waals surface area (Å²) in [5.41, 5.74) is 4.94. The van der Waals surface area contributed by atoms with Crippen molar-refractivity contribution in [1.29, 1.82) is 0 Å². The molecule has 0 fully saturated rings. The zero-order valence-electron chi connectivity index (χ0n) is 17.6. The second kappa shape index (κ2) is 9.27. The molecule has 0 aliphatic rings. The summed E-state index contributed by atoms with van der Waals surface area (Å²) >= 11 is 3.82. The van der Waals surface area contributed by atoms with E-state index in [1.807, 2.05) is 59.3 Å². The lowest BCUT2D eigenvalue weighted by molar-refractivity contribution is 0.414. The summed E-state index contributed by atoms with van der Waals surface area (Å²) in [4.78, 5) is 0. The van der Waals surface area contributed by atoms with Crippen molar-refractivity contribution >= 4 is 15.9 Å². The molecule has 0 aliphatic heterocycles. The van der Waals surface area contributed by atoms with Gasteiger partial charge < -0.3 is 14.2 Å². The molecule has 4 aromatic rings. The van der Waals surface area contributed by atoms with Gasteiger partial charge in [0.15, 0.2) is 0 Å². The van der Waals surface area contributed by atoms with Crippen LogP contribution in [0.15, 0.2) is 77.3 Å². The van der Waals surface area contributed by atoms with Crippen LogP contribution in [0, 0.1) is 0 Å². The van der Waals surface area contributed by atoms with Crippen LogP contribution in [0.2, 0.25) is 0 Å². The van der Waals surface area contributed by atoms with Crippen LogP contribution in [0.5, 0.6) is 17.2 Å². The van der Waals surface area contributed by atoms with Crippen LogP contribution in [0.25, 0.3) is 22.5 Å². The molecule has 1 aromatic heterocycles. The molecule has 0 unspecified atom stereocenters. The van der Waals surface area contributed by atoms with E-state index in [1.54, 1.807) is 21.3 Å². The molecule has 158 valence electrons. The van der Waals surface area contributed by atoms with E-state index in [0.717, 1.165) is 49.8 Å². The van der Waals surface area contributed by atoms with Crippen LogP contribution >= 0.6 is 15.9 Å². The quantitative estimate of drug-likeness (QED) is 0.324. The van der Waals surface area contributed by atoms with Crippen molar-refractivity contribution in [2.75, 3.05) is 21.3 Å². The van der Waals surface area contributed by atoms with E-state index in [0.29, 0.717) is 6.54 Å².